The lowest BCUT2D eigenvalue weighted by Gasteiger charge is -2.19. The van der Waals surface area contributed by atoms with Crippen LogP contribution in [0.2, 0.25) is 5.02 Å². The number of hydrogen-bond acceptors (Lipinski definition) is 2. The highest BCUT2D eigenvalue weighted by atomic mass is 35.5. The Bertz CT molecular complexity index is 741. The van der Waals surface area contributed by atoms with Crippen molar-refractivity contribution in [3.05, 3.63) is 64.7 Å². The van der Waals surface area contributed by atoms with E-state index in [0.717, 1.165) is 11.1 Å². The van der Waals surface area contributed by atoms with Crippen LogP contribution in [0.4, 0.5) is 10.5 Å². The second-order valence-electron chi connectivity index (χ2n) is 5.72. The summed E-state index contributed by atoms with van der Waals surface area (Å²) < 4.78 is 0. The van der Waals surface area contributed by atoms with Gasteiger partial charge in [-0.1, -0.05) is 41.4 Å². The largest absolute Gasteiger partial charge is 0.332 e. The first-order chi connectivity index (χ1) is 11.0. The number of hydrogen-bond donors (Lipinski definition) is 0. The number of rotatable bonds is 3. The zero-order valence-corrected chi connectivity index (χ0v) is 13.7. The Morgan fingerprint density at radius 1 is 1.00 bits per heavy atom. The minimum atomic E-state index is -0.487. The van der Waals surface area contributed by atoms with Gasteiger partial charge >= 0.3 is 6.03 Å². The Balaban J connectivity index is 1.85. The van der Waals surface area contributed by atoms with Crippen molar-refractivity contribution in [3.63, 3.8) is 0 Å². The van der Waals surface area contributed by atoms with E-state index in [-0.39, 0.29) is 11.9 Å². The third kappa shape index (κ3) is 2.94. The van der Waals surface area contributed by atoms with E-state index in [1.54, 1.807) is 36.1 Å². The fourth-order valence-corrected chi connectivity index (χ4v) is 2.76. The van der Waals surface area contributed by atoms with Gasteiger partial charge in [-0.15, -0.1) is 0 Å². The van der Waals surface area contributed by atoms with E-state index >= 15 is 0 Å². The summed E-state index contributed by atoms with van der Waals surface area (Å²) in [5.74, 6) is -0.218. The zero-order valence-electron chi connectivity index (χ0n) is 13.0. The minimum Gasteiger partial charge on any atom is -0.308 e. The van der Waals surface area contributed by atoms with Gasteiger partial charge in [0, 0.05) is 11.6 Å². The summed E-state index contributed by atoms with van der Waals surface area (Å²) in [7, 11) is 0. The SMILES string of the molecule is Cc1ccc(CN2C(=O)N(c3ccc(Cl)cc3)C(=O)[C@@H]2C)cc1. The number of anilines is 1. The number of aryl methyl sites for hydroxylation is 1. The van der Waals surface area contributed by atoms with Gasteiger partial charge in [0.15, 0.2) is 0 Å². The van der Waals surface area contributed by atoms with Crippen molar-refractivity contribution in [2.45, 2.75) is 26.4 Å². The van der Waals surface area contributed by atoms with Crippen molar-refractivity contribution < 1.29 is 9.59 Å². The van der Waals surface area contributed by atoms with Gasteiger partial charge in [-0.25, -0.2) is 9.69 Å². The van der Waals surface area contributed by atoms with Gasteiger partial charge in [0.2, 0.25) is 0 Å². The molecular weight excluding hydrogens is 312 g/mol. The van der Waals surface area contributed by atoms with Crippen LogP contribution in [0.15, 0.2) is 48.5 Å². The molecule has 0 N–H and O–H groups in total. The second kappa shape index (κ2) is 6.05. The maximum Gasteiger partial charge on any atom is 0.332 e. The van der Waals surface area contributed by atoms with Gasteiger partial charge in [-0.2, -0.15) is 0 Å². The number of halogens is 1. The quantitative estimate of drug-likeness (QED) is 0.799. The van der Waals surface area contributed by atoms with Crippen LogP contribution in [0.25, 0.3) is 0 Å². The van der Waals surface area contributed by atoms with Gasteiger partial charge in [0.1, 0.15) is 6.04 Å². The smallest absolute Gasteiger partial charge is 0.308 e. The summed E-state index contributed by atoms with van der Waals surface area (Å²) in [5.41, 5.74) is 2.71. The van der Waals surface area contributed by atoms with E-state index in [9.17, 15) is 9.59 Å². The molecule has 0 unspecified atom stereocenters. The fraction of sp³-hybridized carbons (Fsp3) is 0.222. The second-order valence-corrected chi connectivity index (χ2v) is 6.16. The van der Waals surface area contributed by atoms with Crippen molar-refractivity contribution in [1.29, 1.82) is 0 Å². The molecule has 0 aliphatic carbocycles. The molecule has 0 radical (unpaired) electrons. The van der Waals surface area contributed by atoms with Crippen molar-refractivity contribution in [2.75, 3.05) is 4.90 Å². The Morgan fingerprint density at radius 3 is 2.22 bits per heavy atom. The average Bonchev–Trinajstić information content (AvgIpc) is 2.74. The molecule has 0 bridgehead atoms. The number of urea groups is 1. The number of benzene rings is 2. The zero-order chi connectivity index (χ0) is 16.6. The van der Waals surface area contributed by atoms with Crippen LogP contribution in [0.5, 0.6) is 0 Å². The van der Waals surface area contributed by atoms with Crippen LogP contribution in [-0.2, 0) is 11.3 Å². The van der Waals surface area contributed by atoms with Crippen LogP contribution in [0.1, 0.15) is 18.1 Å². The van der Waals surface area contributed by atoms with E-state index < -0.39 is 6.04 Å². The Labute approximate surface area is 140 Å². The van der Waals surface area contributed by atoms with Crippen molar-refractivity contribution in [2.24, 2.45) is 0 Å². The summed E-state index contributed by atoms with van der Waals surface area (Å²) in [4.78, 5) is 28.0. The molecule has 0 aromatic heterocycles. The number of amides is 3. The van der Waals surface area contributed by atoms with E-state index in [4.69, 9.17) is 11.6 Å². The first kappa shape index (κ1) is 15.6. The number of nitrogens with zero attached hydrogens (tertiary/aromatic N) is 2. The number of carbonyl (C=O) groups excluding carboxylic acids is 2. The highest BCUT2D eigenvalue weighted by Gasteiger charge is 2.43. The predicted molar refractivity (Wildman–Crippen MR) is 90.5 cm³/mol. The third-order valence-corrected chi connectivity index (χ3v) is 4.29. The van der Waals surface area contributed by atoms with Crippen molar-refractivity contribution in [1.82, 2.24) is 4.90 Å². The highest BCUT2D eigenvalue weighted by Crippen LogP contribution is 2.27. The topological polar surface area (TPSA) is 40.6 Å². The molecule has 2 aromatic rings. The van der Waals surface area contributed by atoms with Gasteiger partial charge in [-0.05, 0) is 43.7 Å². The van der Waals surface area contributed by atoms with Crippen molar-refractivity contribution in [3.8, 4) is 0 Å². The average molecular weight is 329 g/mol. The maximum absolute atomic E-state index is 12.7. The van der Waals surface area contributed by atoms with Crippen LogP contribution >= 0.6 is 11.6 Å². The van der Waals surface area contributed by atoms with E-state index in [0.29, 0.717) is 17.3 Å². The van der Waals surface area contributed by atoms with Crippen molar-refractivity contribution >= 4 is 29.2 Å². The van der Waals surface area contributed by atoms with Crippen LogP contribution in [0, 0.1) is 6.92 Å². The first-order valence-electron chi connectivity index (χ1n) is 7.43. The Hall–Kier alpha value is -2.33. The first-order valence-corrected chi connectivity index (χ1v) is 7.81. The highest BCUT2D eigenvalue weighted by molar-refractivity contribution is 6.30. The number of imide groups is 1. The lowest BCUT2D eigenvalue weighted by atomic mass is 10.1. The summed E-state index contributed by atoms with van der Waals surface area (Å²) in [6.45, 7) is 4.18. The molecule has 1 heterocycles. The van der Waals surface area contributed by atoms with E-state index in [1.807, 2.05) is 31.2 Å². The molecule has 3 rings (SSSR count). The lowest BCUT2D eigenvalue weighted by molar-refractivity contribution is -0.119. The molecule has 1 aliphatic rings. The molecule has 4 nitrogen and oxygen atoms in total. The van der Waals surface area contributed by atoms with E-state index in [1.165, 1.54) is 4.90 Å². The summed E-state index contributed by atoms with van der Waals surface area (Å²) in [6, 6.07) is 13.9. The molecule has 1 saturated heterocycles. The summed E-state index contributed by atoms with van der Waals surface area (Å²) >= 11 is 5.87. The Morgan fingerprint density at radius 2 is 1.61 bits per heavy atom. The lowest BCUT2D eigenvalue weighted by Crippen LogP contribution is -2.33. The molecule has 1 atom stereocenters. The molecule has 0 saturated carbocycles. The molecule has 1 aliphatic heterocycles. The molecular formula is C18H17ClN2O2. The van der Waals surface area contributed by atoms with E-state index in [2.05, 4.69) is 0 Å². The van der Waals surface area contributed by atoms with Crippen LogP contribution in [0.3, 0.4) is 0 Å². The third-order valence-electron chi connectivity index (χ3n) is 4.04. The van der Waals surface area contributed by atoms with Crippen LogP contribution < -0.4 is 4.90 Å². The molecule has 23 heavy (non-hydrogen) atoms. The Kier molecular flexibility index (Phi) is 4.09. The molecule has 3 amide bonds. The molecule has 5 heteroatoms. The monoisotopic (exact) mass is 328 g/mol. The van der Waals surface area contributed by atoms with Crippen LogP contribution in [-0.4, -0.2) is 22.9 Å². The van der Waals surface area contributed by atoms with Gasteiger partial charge in [0.05, 0.1) is 5.69 Å². The molecule has 118 valence electrons. The minimum absolute atomic E-state index is 0.218. The predicted octanol–water partition coefficient (Wildman–Crippen LogP) is 4.01. The molecule has 0 spiro atoms. The van der Waals surface area contributed by atoms with Gasteiger partial charge in [0.25, 0.3) is 5.91 Å². The summed E-state index contributed by atoms with van der Waals surface area (Å²) in [6.07, 6.45) is 0. The normalized spacial score (nSPS) is 18.0. The fourth-order valence-electron chi connectivity index (χ4n) is 2.63. The van der Waals surface area contributed by atoms with Gasteiger partial charge < -0.3 is 4.90 Å². The molecule has 1 fully saturated rings. The van der Waals surface area contributed by atoms with Gasteiger partial charge in [-0.3, -0.25) is 4.79 Å². The number of carbonyl (C=O) groups is 2. The standard InChI is InChI=1S/C18H17ClN2O2/c1-12-3-5-14(6-4-12)11-20-13(2)17(22)21(18(20)23)16-9-7-15(19)8-10-16/h3-10,13H,11H2,1-2H3/t13-/m0/s1. The summed E-state index contributed by atoms with van der Waals surface area (Å²) in [5, 5.41) is 0.567. The maximum atomic E-state index is 12.7. The molecule has 2 aromatic carbocycles.